The zero-order valence-corrected chi connectivity index (χ0v) is 13.6. The lowest BCUT2D eigenvalue weighted by Crippen LogP contribution is -2.56. The fourth-order valence-corrected chi connectivity index (χ4v) is 4.47. The molecule has 3 unspecified atom stereocenters. The van der Waals surface area contributed by atoms with Crippen LogP contribution in [-0.4, -0.2) is 29.6 Å². The molecule has 3 rings (SSSR count). The number of rotatable bonds is 5. The summed E-state index contributed by atoms with van der Waals surface area (Å²) in [5.41, 5.74) is 1.48. The quantitative estimate of drug-likeness (QED) is 0.875. The van der Waals surface area contributed by atoms with Crippen LogP contribution in [0.3, 0.4) is 0 Å². The van der Waals surface area contributed by atoms with Crippen molar-refractivity contribution in [2.45, 2.75) is 76.5 Å². The summed E-state index contributed by atoms with van der Waals surface area (Å²) in [7, 11) is 0. The molecule has 116 valence electrons. The Hall–Kier alpha value is -0.860. The van der Waals surface area contributed by atoms with E-state index < -0.39 is 0 Å². The van der Waals surface area contributed by atoms with Crippen LogP contribution in [0.4, 0.5) is 0 Å². The number of nitrogens with one attached hydrogen (secondary N) is 1. The molecule has 0 saturated carbocycles. The van der Waals surface area contributed by atoms with Crippen LogP contribution in [0.5, 0.6) is 0 Å². The second kappa shape index (κ2) is 6.93. The minimum absolute atomic E-state index is 0.564. The van der Waals surface area contributed by atoms with Gasteiger partial charge < -0.3 is 5.32 Å². The number of benzene rings is 1. The molecule has 1 N–H and O–H groups in total. The Bertz CT molecular complexity index is 416. The fraction of sp³-hybridized carbons (Fsp3) is 0.684. The van der Waals surface area contributed by atoms with E-state index in [0.29, 0.717) is 6.04 Å². The van der Waals surface area contributed by atoms with Crippen molar-refractivity contribution in [3.05, 3.63) is 35.9 Å². The first-order valence-corrected chi connectivity index (χ1v) is 8.85. The topological polar surface area (TPSA) is 15.3 Å². The Kier molecular flexibility index (Phi) is 4.97. The van der Waals surface area contributed by atoms with E-state index in [1.807, 2.05) is 0 Å². The Morgan fingerprint density at radius 2 is 1.81 bits per heavy atom. The zero-order chi connectivity index (χ0) is 14.7. The van der Waals surface area contributed by atoms with Gasteiger partial charge >= 0.3 is 0 Å². The number of fused-ring (bicyclic) bond motifs is 2. The summed E-state index contributed by atoms with van der Waals surface area (Å²) < 4.78 is 0. The molecule has 0 radical (unpaired) electrons. The van der Waals surface area contributed by atoms with Crippen molar-refractivity contribution < 1.29 is 0 Å². The molecule has 2 bridgehead atoms. The van der Waals surface area contributed by atoms with Crippen molar-refractivity contribution in [1.29, 1.82) is 0 Å². The fourth-order valence-electron chi connectivity index (χ4n) is 4.47. The first-order valence-electron chi connectivity index (χ1n) is 8.85. The highest BCUT2D eigenvalue weighted by Crippen LogP contribution is 2.39. The van der Waals surface area contributed by atoms with Crippen LogP contribution in [0.1, 0.15) is 64.0 Å². The lowest BCUT2D eigenvalue weighted by molar-refractivity contribution is -0.00622. The van der Waals surface area contributed by atoms with Gasteiger partial charge in [0.25, 0.3) is 0 Å². The summed E-state index contributed by atoms with van der Waals surface area (Å²) in [4.78, 5) is 2.84. The highest BCUT2D eigenvalue weighted by molar-refractivity contribution is 5.19. The van der Waals surface area contributed by atoms with Gasteiger partial charge in [-0.3, -0.25) is 4.90 Å². The van der Waals surface area contributed by atoms with Gasteiger partial charge in [-0.15, -0.1) is 0 Å². The third-order valence-corrected chi connectivity index (χ3v) is 5.44. The molecule has 0 amide bonds. The van der Waals surface area contributed by atoms with E-state index in [2.05, 4.69) is 54.4 Å². The third-order valence-electron chi connectivity index (χ3n) is 5.44. The van der Waals surface area contributed by atoms with Crippen LogP contribution in [0.15, 0.2) is 30.3 Å². The summed E-state index contributed by atoms with van der Waals surface area (Å²) in [5.74, 6) is 0. The number of piperidine rings is 2. The number of hydrogen-bond donors (Lipinski definition) is 1. The maximum atomic E-state index is 3.77. The SMILES string of the molecule is CCCNC1CC2CCCC(C1)N2C(C)c1ccccc1. The Morgan fingerprint density at radius 1 is 1.14 bits per heavy atom. The highest BCUT2D eigenvalue weighted by Gasteiger charge is 2.40. The monoisotopic (exact) mass is 286 g/mol. The Labute approximate surface area is 129 Å². The van der Waals surface area contributed by atoms with Crippen molar-refractivity contribution in [2.24, 2.45) is 0 Å². The van der Waals surface area contributed by atoms with E-state index in [1.54, 1.807) is 0 Å². The van der Waals surface area contributed by atoms with E-state index in [4.69, 9.17) is 0 Å². The molecule has 1 aromatic rings. The largest absolute Gasteiger partial charge is 0.314 e. The van der Waals surface area contributed by atoms with Crippen molar-refractivity contribution in [3.8, 4) is 0 Å². The summed E-state index contributed by atoms with van der Waals surface area (Å²) in [6, 6.07) is 13.9. The van der Waals surface area contributed by atoms with Gasteiger partial charge in [0.05, 0.1) is 0 Å². The van der Waals surface area contributed by atoms with Crippen LogP contribution in [0.2, 0.25) is 0 Å². The van der Waals surface area contributed by atoms with E-state index >= 15 is 0 Å². The predicted molar refractivity (Wildman–Crippen MR) is 89.4 cm³/mol. The van der Waals surface area contributed by atoms with Crippen molar-refractivity contribution in [2.75, 3.05) is 6.54 Å². The van der Waals surface area contributed by atoms with Gasteiger partial charge in [0.1, 0.15) is 0 Å². The number of hydrogen-bond acceptors (Lipinski definition) is 2. The minimum atomic E-state index is 0.564. The predicted octanol–water partition coefficient (Wildman–Crippen LogP) is 4.13. The summed E-state index contributed by atoms with van der Waals surface area (Å²) in [6.07, 6.45) is 8.13. The maximum Gasteiger partial charge on any atom is 0.0325 e. The molecular weight excluding hydrogens is 256 g/mol. The second-order valence-corrected chi connectivity index (χ2v) is 6.89. The molecule has 21 heavy (non-hydrogen) atoms. The minimum Gasteiger partial charge on any atom is -0.314 e. The van der Waals surface area contributed by atoms with Crippen LogP contribution in [-0.2, 0) is 0 Å². The smallest absolute Gasteiger partial charge is 0.0325 e. The highest BCUT2D eigenvalue weighted by atomic mass is 15.2. The summed E-state index contributed by atoms with van der Waals surface area (Å²) in [5, 5.41) is 3.77. The van der Waals surface area contributed by atoms with Crippen molar-refractivity contribution >= 4 is 0 Å². The Balaban J connectivity index is 1.71. The molecule has 2 heterocycles. The maximum absolute atomic E-state index is 3.77. The molecule has 0 spiro atoms. The second-order valence-electron chi connectivity index (χ2n) is 6.89. The number of nitrogens with zero attached hydrogens (tertiary/aromatic N) is 1. The lowest BCUT2D eigenvalue weighted by atomic mass is 9.80. The van der Waals surface area contributed by atoms with Gasteiger partial charge in [-0.2, -0.15) is 0 Å². The molecule has 2 aliphatic heterocycles. The van der Waals surface area contributed by atoms with Gasteiger partial charge in [0.15, 0.2) is 0 Å². The zero-order valence-electron chi connectivity index (χ0n) is 13.6. The molecular formula is C19H30N2. The van der Waals surface area contributed by atoms with Gasteiger partial charge in [0.2, 0.25) is 0 Å². The molecule has 2 aliphatic rings. The molecule has 2 saturated heterocycles. The van der Waals surface area contributed by atoms with E-state index in [9.17, 15) is 0 Å². The van der Waals surface area contributed by atoms with Crippen LogP contribution < -0.4 is 5.32 Å². The average Bonchev–Trinajstić information content (AvgIpc) is 2.52. The van der Waals surface area contributed by atoms with Gasteiger partial charge in [-0.05, 0) is 51.1 Å². The average molecular weight is 286 g/mol. The van der Waals surface area contributed by atoms with Crippen molar-refractivity contribution in [3.63, 3.8) is 0 Å². The van der Waals surface area contributed by atoms with Crippen LogP contribution >= 0.6 is 0 Å². The molecule has 3 atom stereocenters. The first-order chi connectivity index (χ1) is 10.3. The molecule has 2 nitrogen and oxygen atoms in total. The molecule has 2 fully saturated rings. The van der Waals surface area contributed by atoms with Gasteiger partial charge in [0, 0.05) is 24.2 Å². The normalized spacial score (nSPS) is 31.0. The first kappa shape index (κ1) is 15.1. The molecule has 0 aliphatic carbocycles. The molecule has 0 aromatic heterocycles. The van der Waals surface area contributed by atoms with Crippen molar-refractivity contribution in [1.82, 2.24) is 10.2 Å². The van der Waals surface area contributed by atoms with Gasteiger partial charge in [-0.25, -0.2) is 0 Å². The van der Waals surface area contributed by atoms with Crippen LogP contribution in [0, 0.1) is 0 Å². The third kappa shape index (κ3) is 3.32. The van der Waals surface area contributed by atoms with Crippen LogP contribution in [0.25, 0.3) is 0 Å². The standard InChI is InChI=1S/C19H30N2/c1-3-12-20-17-13-18-10-7-11-19(14-17)21(18)15(2)16-8-5-4-6-9-16/h4-6,8-9,15,17-20H,3,7,10-14H2,1-2H3. The van der Waals surface area contributed by atoms with E-state index in [1.165, 1.54) is 50.6 Å². The summed E-state index contributed by atoms with van der Waals surface area (Å²) in [6.45, 7) is 5.85. The lowest BCUT2D eigenvalue weighted by Gasteiger charge is -2.52. The van der Waals surface area contributed by atoms with E-state index in [0.717, 1.165) is 18.1 Å². The van der Waals surface area contributed by atoms with E-state index in [-0.39, 0.29) is 0 Å². The van der Waals surface area contributed by atoms with Gasteiger partial charge in [-0.1, -0.05) is 43.7 Å². The Morgan fingerprint density at radius 3 is 2.43 bits per heavy atom. The summed E-state index contributed by atoms with van der Waals surface area (Å²) >= 11 is 0. The molecule has 2 heteroatoms. The molecule has 1 aromatic carbocycles.